The average molecular weight is 318 g/mol. The van der Waals surface area contributed by atoms with Gasteiger partial charge in [-0.05, 0) is 50.1 Å². The van der Waals surface area contributed by atoms with E-state index in [1.165, 1.54) is 26.7 Å². The van der Waals surface area contributed by atoms with Crippen LogP contribution in [0, 0.1) is 13.8 Å². The predicted octanol–water partition coefficient (Wildman–Crippen LogP) is 4.57. The second kappa shape index (κ2) is 6.36. The van der Waals surface area contributed by atoms with Gasteiger partial charge in [-0.15, -0.1) is 0 Å². The van der Waals surface area contributed by atoms with Crippen LogP contribution in [-0.2, 0) is 6.42 Å². The summed E-state index contributed by atoms with van der Waals surface area (Å²) < 4.78 is 1.18. The summed E-state index contributed by atoms with van der Waals surface area (Å²) in [6.45, 7) is 4.29. The Morgan fingerprint density at radius 2 is 1.74 bits per heavy atom. The molecule has 2 heteroatoms. The van der Waals surface area contributed by atoms with Gasteiger partial charge in [0.15, 0.2) is 0 Å². The van der Waals surface area contributed by atoms with Crippen molar-refractivity contribution >= 4 is 15.9 Å². The Morgan fingerprint density at radius 3 is 2.37 bits per heavy atom. The highest BCUT2D eigenvalue weighted by Gasteiger charge is 2.13. The molecule has 0 aliphatic rings. The van der Waals surface area contributed by atoms with E-state index >= 15 is 0 Å². The summed E-state index contributed by atoms with van der Waals surface area (Å²) >= 11 is 3.61. The Bertz CT molecular complexity index is 546. The molecule has 100 valence electrons. The van der Waals surface area contributed by atoms with Crippen LogP contribution in [0.25, 0.3) is 0 Å². The van der Waals surface area contributed by atoms with Crippen LogP contribution in [0.5, 0.6) is 0 Å². The smallest absolute Gasteiger partial charge is 0.0361 e. The Labute approximate surface area is 124 Å². The zero-order valence-electron chi connectivity index (χ0n) is 11.7. The van der Waals surface area contributed by atoms with E-state index in [0.717, 1.165) is 6.42 Å². The molecule has 2 aromatic carbocycles. The fraction of sp³-hybridized carbons (Fsp3) is 0.294. The number of benzene rings is 2. The third-order valence-corrected chi connectivity index (χ3v) is 4.45. The molecule has 1 nitrogen and oxygen atoms in total. The quantitative estimate of drug-likeness (QED) is 0.871. The third-order valence-electron chi connectivity index (χ3n) is 3.59. The van der Waals surface area contributed by atoms with Gasteiger partial charge >= 0.3 is 0 Å². The van der Waals surface area contributed by atoms with Crippen molar-refractivity contribution in [1.82, 2.24) is 5.32 Å². The highest BCUT2D eigenvalue weighted by molar-refractivity contribution is 9.10. The second-order valence-electron chi connectivity index (χ2n) is 4.99. The lowest BCUT2D eigenvalue weighted by molar-refractivity contribution is 0.588. The summed E-state index contributed by atoms with van der Waals surface area (Å²) in [5.41, 5.74) is 5.35. The first-order chi connectivity index (χ1) is 9.11. The molecule has 19 heavy (non-hydrogen) atoms. The number of aryl methyl sites for hydroxylation is 1. The summed E-state index contributed by atoms with van der Waals surface area (Å²) in [7, 11) is 2.03. The van der Waals surface area contributed by atoms with Crippen molar-refractivity contribution in [2.45, 2.75) is 26.3 Å². The molecule has 0 amide bonds. The first kappa shape index (κ1) is 14.3. The van der Waals surface area contributed by atoms with Crippen molar-refractivity contribution in [3.8, 4) is 0 Å². The van der Waals surface area contributed by atoms with E-state index in [9.17, 15) is 0 Å². The van der Waals surface area contributed by atoms with Crippen LogP contribution in [0.3, 0.4) is 0 Å². The maximum atomic E-state index is 3.61. The molecule has 0 heterocycles. The van der Waals surface area contributed by atoms with Crippen molar-refractivity contribution in [2.75, 3.05) is 7.05 Å². The molecule has 1 N–H and O–H groups in total. The van der Waals surface area contributed by atoms with Gasteiger partial charge in [0.2, 0.25) is 0 Å². The van der Waals surface area contributed by atoms with Crippen LogP contribution in [0.2, 0.25) is 0 Å². The summed E-state index contributed by atoms with van der Waals surface area (Å²) in [6, 6.07) is 15.5. The number of hydrogen-bond acceptors (Lipinski definition) is 1. The molecule has 0 saturated carbocycles. The summed E-state index contributed by atoms with van der Waals surface area (Å²) in [4.78, 5) is 0. The molecule has 0 aliphatic heterocycles. The van der Waals surface area contributed by atoms with Crippen molar-refractivity contribution < 1.29 is 0 Å². The highest BCUT2D eigenvalue weighted by atomic mass is 79.9. The van der Waals surface area contributed by atoms with Crippen molar-refractivity contribution in [3.63, 3.8) is 0 Å². The SMILES string of the molecule is CNC(Cc1ccc(C)cc1)c1cccc(Br)c1C. The summed E-state index contributed by atoms with van der Waals surface area (Å²) in [5.74, 6) is 0. The molecule has 2 aromatic rings. The number of likely N-dealkylation sites (N-methyl/N-ethyl adjacent to an activating group) is 1. The van der Waals surface area contributed by atoms with Crippen LogP contribution in [-0.4, -0.2) is 7.05 Å². The van der Waals surface area contributed by atoms with E-state index in [2.05, 4.69) is 77.6 Å². The van der Waals surface area contributed by atoms with Crippen LogP contribution in [0.1, 0.15) is 28.3 Å². The van der Waals surface area contributed by atoms with E-state index < -0.39 is 0 Å². The van der Waals surface area contributed by atoms with Crippen LogP contribution < -0.4 is 5.32 Å². The van der Waals surface area contributed by atoms with Gasteiger partial charge in [-0.25, -0.2) is 0 Å². The number of rotatable bonds is 4. The molecular formula is C17H20BrN. The minimum absolute atomic E-state index is 0.347. The van der Waals surface area contributed by atoms with Gasteiger partial charge in [0.25, 0.3) is 0 Å². The van der Waals surface area contributed by atoms with Crippen LogP contribution in [0.15, 0.2) is 46.9 Å². The van der Waals surface area contributed by atoms with E-state index in [-0.39, 0.29) is 0 Å². The molecular weight excluding hydrogens is 298 g/mol. The zero-order chi connectivity index (χ0) is 13.8. The maximum Gasteiger partial charge on any atom is 0.0361 e. The Morgan fingerprint density at radius 1 is 1.05 bits per heavy atom. The Balaban J connectivity index is 2.25. The largest absolute Gasteiger partial charge is 0.313 e. The summed E-state index contributed by atoms with van der Waals surface area (Å²) in [5, 5.41) is 3.43. The van der Waals surface area contributed by atoms with Crippen LogP contribution >= 0.6 is 15.9 Å². The van der Waals surface area contributed by atoms with Gasteiger partial charge in [0.05, 0.1) is 0 Å². The van der Waals surface area contributed by atoms with Gasteiger partial charge in [0, 0.05) is 10.5 Å². The molecule has 0 spiro atoms. The molecule has 0 radical (unpaired) electrons. The first-order valence-corrected chi connectivity index (χ1v) is 7.39. The molecule has 1 atom stereocenters. The molecule has 0 aliphatic carbocycles. The van der Waals surface area contributed by atoms with Crippen molar-refractivity contribution in [2.24, 2.45) is 0 Å². The monoisotopic (exact) mass is 317 g/mol. The normalized spacial score (nSPS) is 12.4. The van der Waals surface area contributed by atoms with Gasteiger partial charge < -0.3 is 5.32 Å². The lowest BCUT2D eigenvalue weighted by atomic mass is 9.95. The topological polar surface area (TPSA) is 12.0 Å². The second-order valence-corrected chi connectivity index (χ2v) is 5.84. The Hall–Kier alpha value is -1.12. The fourth-order valence-electron chi connectivity index (χ4n) is 2.33. The van der Waals surface area contributed by atoms with Crippen LogP contribution in [0.4, 0.5) is 0 Å². The lowest BCUT2D eigenvalue weighted by Crippen LogP contribution is -2.20. The molecule has 0 bridgehead atoms. The van der Waals surface area contributed by atoms with Gasteiger partial charge in [-0.1, -0.05) is 57.9 Å². The zero-order valence-corrected chi connectivity index (χ0v) is 13.3. The fourth-order valence-corrected chi connectivity index (χ4v) is 2.71. The summed E-state index contributed by atoms with van der Waals surface area (Å²) in [6.07, 6.45) is 1.01. The van der Waals surface area contributed by atoms with Gasteiger partial charge in [-0.3, -0.25) is 0 Å². The predicted molar refractivity (Wildman–Crippen MR) is 85.6 cm³/mol. The standard InChI is InChI=1S/C17H20BrN/c1-12-7-9-14(10-8-12)11-17(19-3)15-5-4-6-16(18)13(15)2/h4-10,17,19H,11H2,1-3H3. The van der Waals surface area contributed by atoms with E-state index in [4.69, 9.17) is 0 Å². The molecule has 0 fully saturated rings. The first-order valence-electron chi connectivity index (χ1n) is 6.59. The van der Waals surface area contributed by atoms with Crippen molar-refractivity contribution in [1.29, 1.82) is 0 Å². The molecule has 0 aromatic heterocycles. The molecule has 0 saturated heterocycles. The van der Waals surface area contributed by atoms with E-state index in [1.54, 1.807) is 0 Å². The molecule has 2 rings (SSSR count). The van der Waals surface area contributed by atoms with Gasteiger partial charge in [-0.2, -0.15) is 0 Å². The number of hydrogen-bond donors (Lipinski definition) is 1. The minimum atomic E-state index is 0.347. The van der Waals surface area contributed by atoms with Gasteiger partial charge in [0.1, 0.15) is 0 Å². The van der Waals surface area contributed by atoms with E-state index in [1.807, 2.05) is 7.05 Å². The van der Waals surface area contributed by atoms with Crippen molar-refractivity contribution in [3.05, 3.63) is 69.2 Å². The maximum absolute atomic E-state index is 3.61. The number of nitrogens with one attached hydrogen (secondary N) is 1. The molecule has 1 unspecified atom stereocenters. The third kappa shape index (κ3) is 3.46. The lowest BCUT2D eigenvalue weighted by Gasteiger charge is -2.20. The minimum Gasteiger partial charge on any atom is -0.313 e. The van der Waals surface area contributed by atoms with E-state index in [0.29, 0.717) is 6.04 Å². The number of halogens is 1. The average Bonchev–Trinajstić information content (AvgIpc) is 2.42. The highest BCUT2D eigenvalue weighted by Crippen LogP contribution is 2.26. The Kier molecular flexibility index (Phi) is 4.78.